The van der Waals surface area contributed by atoms with Crippen LogP contribution in [0.1, 0.15) is 38.5 Å². The van der Waals surface area contributed by atoms with E-state index in [2.05, 4.69) is 6.26 Å². The minimum absolute atomic E-state index is 0.148. The van der Waals surface area contributed by atoms with Crippen LogP contribution in [0.15, 0.2) is 0 Å². The molecular formula is C14H22N2O2S. The smallest absolute Gasteiger partial charge is 0.246 e. The Kier molecular flexibility index (Phi) is 3.74. The summed E-state index contributed by atoms with van der Waals surface area (Å²) < 4.78 is 0. The van der Waals surface area contributed by atoms with E-state index in [-0.39, 0.29) is 23.9 Å². The fourth-order valence-corrected chi connectivity index (χ4v) is 4.82. The maximum atomic E-state index is 12.6. The highest BCUT2D eigenvalue weighted by Crippen LogP contribution is 2.34. The second kappa shape index (κ2) is 5.35. The number of piperazine rings is 1. The van der Waals surface area contributed by atoms with Crippen LogP contribution < -0.4 is 0 Å². The maximum Gasteiger partial charge on any atom is 0.246 e. The summed E-state index contributed by atoms with van der Waals surface area (Å²) in [5.74, 6) is 0.371. The Morgan fingerprint density at radius 3 is 2.63 bits per heavy atom. The van der Waals surface area contributed by atoms with E-state index in [1.54, 1.807) is 4.90 Å². The first-order valence-electron chi connectivity index (χ1n) is 7.35. The Morgan fingerprint density at radius 2 is 1.84 bits per heavy atom. The molecule has 2 saturated heterocycles. The molecule has 2 heterocycles. The molecule has 2 aliphatic heterocycles. The van der Waals surface area contributed by atoms with Crippen molar-refractivity contribution in [2.45, 2.75) is 55.9 Å². The summed E-state index contributed by atoms with van der Waals surface area (Å²) in [6.45, 7) is 1.09. The van der Waals surface area contributed by atoms with Gasteiger partial charge in [0, 0.05) is 17.8 Å². The van der Waals surface area contributed by atoms with Gasteiger partial charge in [0.1, 0.15) is 12.6 Å². The highest BCUT2D eigenvalue weighted by atomic mass is 32.2. The van der Waals surface area contributed by atoms with Crippen molar-refractivity contribution >= 4 is 23.6 Å². The fourth-order valence-electron chi connectivity index (χ4n) is 3.82. The molecule has 5 heteroatoms. The SMILES string of the molecule is CSC1CCCCC1N1CC(=O)N2CCCC2C1=O. The first-order chi connectivity index (χ1) is 9.22. The van der Waals surface area contributed by atoms with Crippen LogP contribution in [0.3, 0.4) is 0 Å². The first-order valence-corrected chi connectivity index (χ1v) is 8.64. The van der Waals surface area contributed by atoms with Crippen LogP contribution >= 0.6 is 11.8 Å². The van der Waals surface area contributed by atoms with Crippen molar-refractivity contribution in [3.05, 3.63) is 0 Å². The summed E-state index contributed by atoms with van der Waals surface area (Å²) in [7, 11) is 0. The van der Waals surface area contributed by atoms with Crippen LogP contribution in [-0.4, -0.2) is 58.3 Å². The quantitative estimate of drug-likeness (QED) is 0.770. The van der Waals surface area contributed by atoms with E-state index in [1.807, 2.05) is 16.7 Å². The lowest BCUT2D eigenvalue weighted by Crippen LogP contribution is -2.62. The van der Waals surface area contributed by atoms with Gasteiger partial charge in [0.25, 0.3) is 0 Å². The number of nitrogens with zero attached hydrogens (tertiary/aromatic N) is 2. The van der Waals surface area contributed by atoms with E-state index in [1.165, 1.54) is 19.3 Å². The Morgan fingerprint density at radius 1 is 1.05 bits per heavy atom. The van der Waals surface area contributed by atoms with Gasteiger partial charge in [-0.05, 0) is 31.9 Å². The highest BCUT2D eigenvalue weighted by molar-refractivity contribution is 7.99. The van der Waals surface area contributed by atoms with Gasteiger partial charge in [-0.1, -0.05) is 12.8 Å². The molecule has 106 valence electrons. The minimum Gasteiger partial charge on any atom is -0.329 e. The molecule has 0 N–H and O–H groups in total. The van der Waals surface area contributed by atoms with Gasteiger partial charge in [-0.25, -0.2) is 0 Å². The van der Waals surface area contributed by atoms with Crippen LogP contribution in [0.2, 0.25) is 0 Å². The summed E-state index contributed by atoms with van der Waals surface area (Å²) >= 11 is 1.86. The number of hydrogen-bond acceptors (Lipinski definition) is 3. The zero-order valence-corrected chi connectivity index (χ0v) is 12.3. The van der Waals surface area contributed by atoms with Gasteiger partial charge in [0.2, 0.25) is 11.8 Å². The number of amides is 2. The van der Waals surface area contributed by atoms with E-state index < -0.39 is 0 Å². The Labute approximate surface area is 118 Å². The Hall–Kier alpha value is -0.710. The predicted octanol–water partition coefficient (Wildman–Crippen LogP) is 1.49. The van der Waals surface area contributed by atoms with Gasteiger partial charge in [0.15, 0.2) is 0 Å². The summed E-state index contributed by atoms with van der Waals surface area (Å²) in [5.41, 5.74) is 0. The lowest BCUT2D eigenvalue weighted by molar-refractivity contribution is -0.156. The fraction of sp³-hybridized carbons (Fsp3) is 0.857. The van der Waals surface area contributed by atoms with Crippen molar-refractivity contribution in [2.75, 3.05) is 19.3 Å². The van der Waals surface area contributed by atoms with Gasteiger partial charge >= 0.3 is 0 Å². The average Bonchev–Trinajstić information content (AvgIpc) is 2.93. The number of hydrogen-bond donors (Lipinski definition) is 0. The van der Waals surface area contributed by atoms with Crippen molar-refractivity contribution in [1.29, 1.82) is 0 Å². The van der Waals surface area contributed by atoms with Crippen LogP contribution in [0.25, 0.3) is 0 Å². The highest BCUT2D eigenvalue weighted by Gasteiger charge is 2.45. The van der Waals surface area contributed by atoms with E-state index in [4.69, 9.17) is 0 Å². The molecule has 3 fully saturated rings. The Balaban J connectivity index is 1.79. The lowest BCUT2D eigenvalue weighted by atomic mass is 9.92. The molecule has 0 aromatic carbocycles. The molecular weight excluding hydrogens is 260 g/mol. The summed E-state index contributed by atoms with van der Waals surface area (Å²) in [4.78, 5) is 28.5. The van der Waals surface area contributed by atoms with Gasteiger partial charge < -0.3 is 9.80 Å². The average molecular weight is 282 g/mol. The van der Waals surface area contributed by atoms with Gasteiger partial charge in [-0.15, -0.1) is 0 Å². The largest absolute Gasteiger partial charge is 0.329 e. The molecule has 3 aliphatic rings. The maximum absolute atomic E-state index is 12.6. The number of carbonyl (C=O) groups is 2. The minimum atomic E-state index is -0.148. The standard InChI is InChI=1S/C14H22N2O2S/c1-19-12-7-3-2-5-10(12)16-9-13(17)15-8-4-6-11(15)14(16)18/h10-12H,2-9H2,1H3. The van der Waals surface area contributed by atoms with Gasteiger partial charge in [-0.3, -0.25) is 9.59 Å². The first kappa shape index (κ1) is 13.3. The van der Waals surface area contributed by atoms with E-state index in [0.29, 0.717) is 11.8 Å². The van der Waals surface area contributed by atoms with Crippen LogP contribution in [0.5, 0.6) is 0 Å². The monoisotopic (exact) mass is 282 g/mol. The third-order valence-corrected chi connectivity index (χ3v) is 5.97. The lowest BCUT2D eigenvalue weighted by Gasteiger charge is -2.44. The molecule has 1 saturated carbocycles. The number of rotatable bonds is 2. The van der Waals surface area contributed by atoms with E-state index in [9.17, 15) is 9.59 Å². The van der Waals surface area contributed by atoms with Crippen LogP contribution in [-0.2, 0) is 9.59 Å². The third kappa shape index (κ3) is 2.26. The molecule has 3 rings (SSSR count). The Bertz CT molecular complexity index is 388. The summed E-state index contributed by atoms with van der Waals surface area (Å²) in [6.07, 6.45) is 8.66. The number of fused-ring (bicyclic) bond motifs is 1. The molecule has 19 heavy (non-hydrogen) atoms. The van der Waals surface area contributed by atoms with E-state index in [0.717, 1.165) is 25.8 Å². The molecule has 0 aromatic rings. The van der Waals surface area contributed by atoms with Crippen molar-refractivity contribution in [2.24, 2.45) is 0 Å². The summed E-state index contributed by atoms with van der Waals surface area (Å²) in [6, 6.07) is 0.133. The predicted molar refractivity (Wildman–Crippen MR) is 76.0 cm³/mol. The zero-order chi connectivity index (χ0) is 13.4. The normalized spacial score (nSPS) is 35.7. The van der Waals surface area contributed by atoms with Crippen LogP contribution in [0, 0.1) is 0 Å². The van der Waals surface area contributed by atoms with Gasteiger partial charge in [-0.2, -0.15) is 11.8 Å². The van der Waals surface area contributed by atoms with Crippen molar-refractivity contribution in [1.82, 2.24) is 9.80 Å². The van der Waals surface area contributed by atoms with Crippen molar-refractivity contribution in [3.8, 4) is 0 Å². The second-order valence-electron chi connectivity index (χ2n) is 5.84. The van der Waals surface area contributed by atoms with E-state index >= 15 is 0 Å². The molecule has 0 aromatic heterocycles. The molecule has 4 nitrogen and oxygen atoms in total. The zero-order valence-electron chi connectivity index (χ0n) is 11.5. The molecule has 0 bridgehead atoms. The molecule has 1 aliphatic carbocycles. The molecule has 0 spiro atoms. The number of carbonyl (C=O) groups excluding carboxylic acids is 2. The molecule has 2 amide bonds. The second-order valence-corrected chi connectivity index (χ2v) is 6.91. The molecule has 3 atom stereocenters. The van der Waals surface area contributed by atoms with Gasteiger partial charge in [0.05, 0.1) is 0 Å². The third-order valence-electron chi connectivity index (χ3n) is 4.82. The molecule has 0 radical (unpaired) electrons. The van der Waals surface area contributed by atoms with Crippen molar-refractivity contribution < 1.29 is 9.59 Å². The van der Waals surface area contributed by atoms with Crippen molar-refractivity contribution in [3.63, 3.8) is 0 Å². The van der Waals surface area contributed by atoms with Crippen LogP contribution in [0.4, 0.5) is 0 Å². The topological polar surface area (TPSA) is 40.6 Å². The molecule has 3 unspecified atom stereocenters. The summed E-state index contributed by atoms with van der Waals surface area (Å²) in [5, 5.41) is 0.512. The number of thioether (sulfide) groups is 1.